The minimum absolute atomic E-state index is 0.0493. The van der Waals surface area contributed by atoms with Crippen molar-refractivity contribution in [3.8, 4) is 11.8 Å². The van der Waals surface area contributed by atoms with Gasteiger partial charge in [-0.1, -0.05) is 0 Å². The zero-order valence-corrected chi connectivity index (χ0v) is 12.2. The smallest absolute Gasteiger partial charge is 0.243 e. The summed E-state index contributed by atoms with van der Waals surface area (Å²) in [6.07, 6.45) is 1.44. The molecular formula is C11H18N4O4S. The second-order valence-electron chi connectivity index (χ2n) is 4.39. The Labute approximate surface area is 118 Å². The second-order valence-corrected chi connectivity index (χ2v) is 6.35. The number of rotatable bonds is 5. The van der Waals surface area contributed by atoms with Gasteiger partial charge in [0, 0.05) is 6.54 Å². The highest BCUT2D eigenvalue weighted by Crippen LogP contribution is 2.20. The first kappa shape index (κ1) is 14.8. The van der Waals surface area contributed by atoms with E-state index in [1.165, 1.54) is 20.3 Å². The third kappa shape index (κ3) is 3.48. The first-order valence-electron chi connectivity index (χ1n) is 6.24. The molecule has 1 aliphatic heterocycles. The summed E-state index contributed by atoms with van der Waals surface area (Å²) in [5.74, 6) is 0.416. The molecule has 0 saturated carbocycles. The van der Waals surface area contributed by atoms with Crippen molar-refractivity contribution < 1.29 is 17.9 Å². The fraction of sp³-hybridized carbons (Fsp3) is 0.636. The third-order valence-corrected chi connectivity index (χ3v) is 4.77. The summed E-state index contributed by atoms with van der Waals surface area (Å²) < 4.78 is 36.8. The van der Waals surface area contributed by atoms with E-state index in [4.69, 9.17) is 9.47 Å². The Bertz CT molecular complexity index is 535. The highest BCUT2D eigenvalue weighted by Gasteiger charge is 2.28. The number of nitrogens with zero attached hydrogens (tertiary/aromatic N) is 2. The quantitative estimate of drug-likeness (QED) is 0.788. The highest BCUT2D eigenvalue weighted by molar-refractivity contribution is 7.93. The van der Waals surface area contributed by atoms with Crippen molar-refractivity contribution in [2.24, 2.45) is 0 Å². The lowest BCUT2D eigenvalue weighted by Crippen LogP contribution is -2.41. The highest BCUT2D eigenvalue weighted by atomic mass is 32.2. The molecule has 2 heterocycles. The van der Waals surface area contributed by atoms with Gasteiger partial charge in [0.2, 0.25) is 27.7 Å². The van der Waals surface area contributed by atoms with Crippen LogP contribution < -0.4 is 19.5 Å². The van der Waals surface area contributed by atoms with Crippen molar-refractivity contribution in [1.82, 2.24) is 15.3 Å². The number of hydrogen-bond donors (Lipinski definition) is 2. The van der Waals surface area contributed by atoms with E-state index < -0.39 is 15.3 Å². The van der Waals surface area contributed by atoms with Gasteiger partial charge in [0.1, 0.15) is 0 Å². The van der Waals surface area contributed by atoms with Crippen LogP contribution in [0.2, 0.25) is 0 Å². The van der Waals surface area contributed by atoms with Crippen LogP contribution in [0.3, 0.4) is 0 Å². The minimum atomic E-state index is -3.53. The van der Waals surface area contributed by atoms with E-state index in [0.29, 0.717) is 13.0 Å². The van der Waals surface area contributed by atoms with Gasteiger partial charge >= 0.3 is 0 Å². The zero-order valence-electron chi connectivity index (χ0n) is 11.4. The topological polar surface area (TPSA) is 102 Å². The monoisotopic (exact) mass is 302 g/mol. The predicted molar refractivity (Wildman–Crippen MR) is 73.6 cm³/mol. The van der Waals surface area contributed by atoms with Gasteiger partial charge in [-0.2, -0.15) is 9.97 Å². The first-order chi connectivity index (χ1) is 9.55. The Hall–Kier alpha value is -1.61. The van der Waals surface area contributed by atoms with E-state index in [2.05, 4.69) is 20.0 Å². The average Bonchev–Trinajstić information content (AvgIpc) is 2.47. The molecule has 0 aromatic carbocycles. The number of piperidine rings is 1. The van der Waals surface area contributed by atoms with Crippen molar-refractivity contribution in [2.75, 3.05) is 32.0 Å². The van der Waals surface area contributed by atoms with Crippen LogP contribution in [-0.2, 0) is 10.0 Å². The maximum absolute atomic E-state index is 12.2. The predicted octanol–water partition coefficient (Wildman–Crippen LogP) is -0.0125. The molecule has 1 atom stereocenters. The molecule has 1 aliphatic rings. The van der Waals surface area contributed by atoms with Crippen molar-refractivity contribution >= 4 is 16.0 Å². The first-order valence-corrected chi connectivity index (χ1v) is 7.79. The van der Waals surface area contributed by atoms with Gasteiger partial charge < -0.3 is 14.8 Å². The van der Waals surface area contributed by atoms with E-state index in [-0.39, 0.29) is 17.7 Å². The Kier molecular flexibility index (Phi) is 4.61. The van der Waals surface area contributed by atoms with Gasteiger partial charge in [0.25, 0.3) is 0 Å². The van der Waals surface area contributed by atoms with E-state index in [0.717, 1.165) is 13.0 Å². The van der Waals surface area contributed by atoms with Crippen LogP contribution in [0.5, 0.6) is 11.8 Å². The summed E-state index contributed by atoms with van der Waals surface area (Å²) in [7, 11) is -0.664. The summed E-state index contributed by atoms with van der Waals surface area (Å²) >= 11 is 0. The molecular weight excluding hydrogens is 284 g/mol. The molecule has 9 heteroatoms. The summed E-state index contributed by atoms with van der Waals surface area (Å²) in [6, 6.07) is 1.47. The Morgan fingerprint density at radius 2 is 1.95 bits per heavy atom. The Balaban J connectivity index is 2.19. The summed E-state index contributed by atoms with van der Waals surface area (Å²) in [5.41, 5.74) is 0. The molecule has 2 N–H and O–H groups in total. The molecule has 0 radical (unpaired) electrons. The summed E-state index contributed by atoms with van der Waals surface area (Å²) in [6.45, 7) is 1.27. The lowest BCUT2D eigenvalue weighted by atomic mass is 10.2. The van der Waals surface area contributed by atoms with Gasteiger partial charge in [-0.3, -0.25) is 4.72 Å². The second kappa shape index (κ2) is 6.23. The van der Waals surface area contributed by atoms with Crippen LogP contribution in [0.25, 0.3) is 0 Å². The van der Waals surface area contributed by atoms with Gasteiger partial charge in [-0.05, 0) is 19.4 Å². The lowest BCUT2D eigenvalue weighted by Gasteiger charge is -2.22. The normalized spacial score (nSPS) is 19.4. The maximum Gasteiger partial charge on any atom is 0.243 e. The molecule has 1 fully saturated rings. The van der Waals surface area contributed by atoms with Crippen LogP contribution in [0.4, 0.5) is 5.95 Å². The SMILES string of the molecule is COc1cc(OC)nc(NS(=O)(=O)C2CCCNC2)n1. The molecule has 1 saturated heterocycles. The molecule has 112 valence electrons. The summed E-state index contributed by atoms with van der Waals surface area (Å²) in [5, 5.41) is 2.57. The van der Waals surface area contributed by atoms with Gasteiger partial charge in [-0.25, -0.2) is 8.42 Å². The molecule has 1 aromatic heterocycles. The van der Waals surface area contributed by atoms with E-state index in [1.807, 2.05) is 0 Å². The molecule has 0 amide bonds. The van der Waals surface area contributed by atoms with Gasteiger partial charge in [-0.15, -0.1) is 0 Å². The number of nitrogens with one attached hydrogen (secondary N) is 2. The molecule has 0 bridgehead atoms. The van der Waals surface area contributed by atoms with Gasteiger partial charge in [0.15, 0.2) is 0 Å². The molecule has 1 aromatic rings. The van der Waals surface area contributed by atoms with Crippen molar-refractivity contribution in [1.29, 1.82) is 0 Å². The molecule has 1 unspecified atom stereocenters. The maximum atomic E-state index is 12.2. The van der Waals surface area contributed by atoms with Gasteiger partial charge in [0.05, 0.1) is 25.5 Å². The fourth-order valence-corrected chi connectivity index (χ4v) is 3.28. The lowest BCUT2D eigenvalue weighted by molar-refractivity contribution is 0.373. The molecule has 20 heavy (non-hydrogen) atoms. The third-order valence-electron chi connectivity index (χ3n) is 3.02. The van der Waals surface area contributed by atoms with Crippen LogP contribution in [0.15, 0.2) is 6.07 Å². The number of hydrogen-bond acceptors (Lipinski definition) is 7. The van der Waals surface area contributed by atoms with Crippen molar-refractivity contribution in [3.63, 3.8) is 0 Å². The van der Waals surface area contributed by atoms with E-state index >= 15 is 0 Å². The van der Waals surface area contributed by atoms with Crippen molar-refractivity contribution in [2.45, 2.75) is 18.1 Å². The van der Waals surface area contributed by atoms with E-state index in [9.17, 15) is 8.42 Å². The largest absolute Gasteiger partial charge is 0.481 e. The van der Waals surface area contributed by atoms with Crippen molar-refractivity contribution in [3.05, 3.63) is 6.07 Å². The standard InChI is InChI=1S/C11H18N4O4S/c1-18-9-6-10(19-2)14-11(13-9)15-20(16,17)8-4-3-5-12-7-8/h6,8,12H,3-5,7H2,1-2H3,(H,13,14,15). The minimum Gasteiger partial charge on any atom is -0.481 e. The average molecular weight is 302 g/mol. The Morgan fingerprint density at radius 3 is 2.45 bits per heavy atom. The zero-order chi connectivity index (χ0) is 14.6. The molecule has 0 aliphatic carbocycles. The van der Waals surface area contributed by atoms with Crippen LogP contribution in [0.1, 0.15) is 12.8 Å². The number of ether oxygens (including phenoxy) is 2. The van der Waals surface area contributed by atoms with Crippen LogP contribution in [-0.4, -0.2) is 50.9 Å². The molecule has 0 spiro atoms. The van der Waals surface area contributed by atoms with Crippen LogP contribution >= 0.6 is 0 Å². The summed E-state index contributed by atoms with van der Waals surface area (Å²) in [4.78, 5) is 7.91. The molecule has 2 rings (SSSR count). The van der Waals surface area contributed by atoms with E-state index in [1.54, 1.807) is 0 Å². The fourth-order valence-electron chi connectivity index (χ4n) is 1.95. The number of anilines is 1. The number of aromatic nitrogens is 2. The number of methoxy groups -OCH3 is 2. The molecule has 8 nitrogen and oxygen atoms in total. The van der Waals surface area contributed by atoms with Crippen LogP contribution in [0, 0.1) is 0 Å². The Morgan fingerprint density at radius 1 is 1.30 bits per heavy atom. The number of sulfonamides is 1.